The summed E-state index contributed by atoms with van der Waals surface area (Å²) in [7, 11) is -3.87. The Labute approximate surface area is 219 Å². The second-order valence-corrected chi connectivity index (χ2v) is 11.7. The molecule has 4 rings (SSSR count). The summed E-state index contributed by atoms with van der Waals surface area (Å²) in [5, 5.41) is 0.683. The van der Waals surface area contributed by atoms with Crippen LogP contribution >= 0.6 is 11.6 Å². The maximum Gasteiger partial charge on any atom is 0.243 e. The first kappa shape index (κ1) is 26.2. The van der Waals surface area contributed by atoms with Crippen molar-refractivity contribution in [3.63, 3.8) is 0 Å². The highest BCUT2D eigenvalue weighted by atomic mass is 35.5. The molecule has 1 aliphatic rings. The lowest BCUT2D eigenvalue weighted by Gasteiger charge is -2.37. The largest absolute Gasteiger partial charge is 0.368 e. The summed E-state index contributed by atoms with van der Waals surface area (Å²) < 4.78 is 28.5. The number of nitrogens with zero attached hydrogens (tertiary/aromatic N) is 3. The SMILES string of the molecule is Cc1ccc(S(=O)(=O)N(CC(=O)N2CCN(c3cc(Cl)ccc3C)CC2)Cc2cccc(C)c2)cc1. The van der Waals surface area contributed by atoms with E-state index in [4.69, 9.17) is 11.6 Å². The van der Waals surface area contributed by atoms with Crippen molar-refractivity contribution in [2.45, 2.75) is 32.2 Å². The maximum atomic E-state index is 13.6. The molecule has 0 unspecified atom stereocenters. The van der Waals surface area contributed by atoms with Crippen LogP contribution in [0.5, 0.6) is 0 Å². The third-order valence-corrected chi connectivity index (χ3v) is 8.60. The molecule has 0 radical (unpaired) electrons. The fraction of sp³-hybridized carbons (Fsp3) is 0.321. The van der Waals surface area contributed by atoms with Gasteiger partial charge < -0.3 is 9.80 Å². The van der Waals surface area contributed by atoms with Gasteiger partial charge in [0.05, 0.1) is 11.4 Å². The average molecular weight is 526 g/mol. The van der Waals surface area contributed by atoms with Crippen LogP contribution in [0.25, 0.3) is 0 Å². The second-order valence-electron chi connectivity index (χ2n) is 9.37. The number of aryl methyl sites for hydroxylation is 3. The molecule has 0 saturated carbocycles. The smallest absolute Gasteiger partial charge is 0.243 e. The fourth-order valence-electron chi connectivity index (χ4n) is 4.47. The van der Waals surface area contributed by atoms with Crippen molar-refractivity contribution in [1.29, 1.82) is 0 Å². The van der Waals surface area contributed by atoms with Crippen LogP contribution in [0.3, 0.4) is 0 Å². The first-order valence-electron chi connectivity index (χ1n) is 12.0. The Kier molecular flexibility index (Phi) is 8.03. The Morgan fingerprint density at radius 1 is 0.889 bits per heavy atom. The molecule has 0 bridgehead atoms. The van der Waals surface area contributed by atoms with Crippen LogP contribution in [0.1, 0.15) is 22.3 Å². The highest BCUT2D eigenvalue weighted by Crippen LogP contribution is 2.26. The number of amides is 1. The fourth-order valence-corrected chi connectivity index (χ4v) is 6.01. The maximum absolute atomic E-state index is 13.6. The van der Waals surface area contributed by atoms with Crippen molar-refractivity contribution < 1.29 is 13.2 Å². The van der Waals surface area contributed by atoms with Gasteiger partial charge in [-0.2, -0.15) is 4.31 Å². The summed E-state index contributed by atoms with van der Waals surface area (Å²) in [6.45, 7) is 8.21. The number of anilines is 1. The number of halogens is 1. The van der Waals surface area contributed by atoms with Gasteiger partial charge in [-0.05, 0) is 56.2 Å². The third-order valence-electron chi connectivity index (χ3n) is 6.56. The van der Waals surface area contributed by atoms with E-state index in [9.17, 15) is 13.2 Å². The summed E-state index contributed by atoms with van der Waals surface area (Å²) in [6.07, 6.45) is 0. The zero-order valence-corrected chi connectivity index (χ0v) is 22.5. The van der Waals surface area contributed by atoms with Gasteiger partial charge in [-0.1, -0.05) is 65.2 Å². The van der Waals surface area contributed by atoms with Gasteiger partial charge in [0.15, 0.2) is 0 Å². The molecule has 0 N–H and O–H groups in total. The number of carbonyl (C=O) groups is 1. The van der Waals surface area contributed by atoms with E-state index in [0.717, 1.165) is 27.9 Å². The predicted molar refractivity (Wildman–Crippen MR) is 145 cm³/mol. The van der Waals surface area contributed by atoms with Crippen molar-refractivity contribution >= 4 is 33.2 Å². The Morgan fingerprint density at radius 2 is 1.58 bits per heavy atom. The topological polar surface area (TPSA) is 60.9 Å². The average Bonchev–Trinajstić information content (AvgIpc) is 2.85. The van der Waals surface area contributed by atoms with Crippen LogP contribution in [0.2, 0.25) is 5.02 Å². The minimum absolute atomic E-state index is 0.130. The van der Waals surface area contributed by atoms with E-state index in [1.165, 1.54) is 4.31 Å². The predicted octanol–water partition coefficient (Wildman–Crippen LogP) is 4.80. The molecule has 6 nitrogen and oxygen atoms in total. The molecule has 0 aliphatic carbocycles. The zero-order chi connectivity index (χ0) is 25.9. The molecule has 3 aromatic carbocycles. The number of carbonyl (C=O) groups excluding carboxylic acids is 1. The molecule has 1 amide bonds. The van der Waals surface area contributed by atoms with Crippen molar-refractivity contribution in [2.75, 3.05) is 37.6 Å². The third kappa shape index (κ3) is 6.09. The lowest BCUT2D eigenvalue weighted by molar-refractivity contribution is -0.131. The number of hydrogen-bond donors (Lipinski definition) is 0. The molecule has 190 valence electrons. The molecule has 36 heavy (non-hydrogen) atoms. The van der Waals surface area contributed by atoms with E-state index in [0.29, 0.717) is 31.2 Å². The van der Waals surface area contributed by atoms with Crippen molar-refractivity contribution in [3.8, 4) is 0 Å². The number of hydrogen-bond acceptors (Lipinski definition) is 4. The zero-order valence-electron chi connectivity index (χ0n) is 20.9. The van der Waals surface area contributed by atoms with Gasteiger partial charge >= 0.3 is 0 Å². The van der Waals surface area contributed by atoms with Gasteiger partial charge in [0, 0.05) is 43.4 Å². The monoisotopic (exact) mass is 525 g/mol. The van der Waals surface area contributed by atoms with Crippen molar-refractivity contribution in [3.05, 3.63) is 94.0 Å². The summed E-state index contributed by atoms with van der Waals surface area (Å²) in [5.74, 6) is -0.194. The Hall–Kier alpha value is -2.87. The van der Waals surface area contributed by atoms with Crippen LogP contribution in [0.4, 0.5) is 5.69 Å². The van der Waals surface area contributed by atoms with Crippen LogP contribution in [-0.4, -0.2) is 56.3 Å². The highest BCUT2D eigenvalue weighted by molar-refractivity contribution is 7.89. The lowest BCUT2D eigenvalue weighted by atomic mass is 10.1. The summed E-state index contributed by atoms with van der Waals surface area (Å²) in [6, 6.07) is 20.3. The second kappa shape index (κ2) is 11.0. The van der Waals surface area contributed by atoms with Crippen molar-refractivity contribution in [1.82, 2.24) is 9.21 Å². The van der Waals surface area contributed by atoms with Gasteiger partial charge in [-0.15, -0.1) is 0 Å². The summed E-state index contributed by atoms with van der Waals surface area (Å²) in [5.41, 5.74) is 5.06. The van der Waals surface area contributed by atoms with Gasteiger partial charge in [0.25, 0.3) is 0 Å². The first-order valence-corrected chi connectivity index (χ1v) is 13.9. The Bertz CT molecular complexity index is 1330. The Balaban J connectivity index is 1.51. The number of piperazine rings is 1. The minimum atomic E-state index is -3.87. The van der Waals surface area contributed by atoms with E-state index in [-0.39, 0.29) is 23.9 Å². The number of rotatable bonds is 7. The molecular weight excluding hydrogens is 494 g/mol. The van der Waals surface area contributed by atoms with Gasteiger partial charge in [0.1, 0.15) is 0 Å². The summed E-state index contributed by atoms with van der Waals surface area (Å²) >= 11 is 6.20. The first-order chi connectivity index (χ1) is 17.1. The van der Waals surface area contributed by atoms with E-state index in [2.05, 4.69) is 4.90 Å². The normalized spacial score (nSPS) is 14.4. The quantitative estimate of drug-likeness (QED) is 0.444. The molecule has 0 aromatic heterocycles. The van der Waals surface area contributed by atoms with Gasteiger partial charge in [-0.3, -0.25) is 4.79 Å². The molecule has 1 saturated heterocycles. The van der Waals surface area contributed by atoms with Crippen LogP contribution in [-0.2, 0) is 21.4 Å². The number of benzene rings is 3. The van der Waals surface area contributed by atoms with E-state index in [1.54, 1.807) is 29.2 Å². The molecule has 3 aromatic rings. The highest BCUT2D eigenvalue weighted by Gasteiger charge is 2.30. The molecule has 8 heteroatoms. The van der Waals surface area contributed by atoms with Crippen molar-refractivity contribution in [2.24, 2.45) is 0 Å². The molecule has 0 atom stereocenters. The van der Waals surface area contributed by atoms with E-state index in [1.807, 2.05) is 63.2 Å². The molecule has 1 fully saturated rings. The molecule has 0 spiro atoms. The standard InChI is InChI=1S/C28H32ClN3O3S/c1-21-7-11-26(12-8-21)36(34,35)32(19-24-6-4-5-22(2)17-24)20-28(33)31-15-13-30(14-16-31)27-18-25(29)10-9-23(27)3/h4-12,17-18H,13-16,19-20H2,1-3H3. The van der Waals surface area contributed by atoms with E-state index >= 15 is 0 Å². The number of sulfonamides is 1. The molecule has 1 aliphatic heterocycles. The van der Waals surface area contributed by atoms with E-state index < -0.39 is 10.0 Å². The van der Waals surface area contributed by atoms with Crippen LogP contribution < -0.4 is 4.90 Å². The summed E-state index contributed by atoms with van der Waals surface area (Å²) in [4.78, 5) is 17.5. The van der Waals surface area contributed by atoms with Crippen LogP contribution in [0, 0.1) is 20.8 Å². The molecular formula is C28H32ClN3O3S. The van der Waals surface area contributed by atoms with Gasteiger partial charge in [-0.25, -0.2) is 8.42 Å². The van der Waals surface area contributed by atoms with Gasteiger partial charge in [0.2, 0.25) is 15.9 Å². The minimum Gasteiger partial charge on any atom is -0.368 e. The Morgan fingerprint density at radius 3 is 2.25 bits per heavy atom. The van der Waals surface area contributed by atoms with Crippen LogP contribution in [0.15, 0.2) is 71.6 Å². The molecule has 1 heterocycles. The lowest BCUT2D eigenvalue weighted by Crippen LogP contribution is -2.51.